The number of benzene rings is 2. The molecule has 0 bridgehead atoms. The summed E-state index contributed by atoms with van der Waals surface area (Å²) in [4.78, 5) is 11.7. The second-order valence-electron chi connectivity index (χ2n) is 4.49. The van der Waals surface area contributed by atoms with Gasteiger partial charge in [0.2, 0.25) is 0 Å². The maximum Gasteiger partial charge on any atom is 0.341 e. The van der Waals surface area contributed by atoms with Gasteiger partial charge in [0.1, 0.15) is 28.6 Å². The van der Waals surface area contributed by atoms with Gasteiger partial charge in [-0.1, -0.05) is 0 Å². The Morgan fingerprint density at radius 2 is 1.77 bits per heavy atom. The van der Waals surface area contributed by atoms with Crippen molar-refractivity contribution in [1.82, 2.24) is 0 Å². The number of carbonyl (C=O) groups is 1. The van der Waals surface area contributed by atoms with Gasteiger partial charge in [0.05, 0.1) is 13.2 Å². The van der Waals surface area contributed by atoms with E-state index in [0.29, 0.717) is 18.8 Å². The van der Waals surface area contributed by atoms with Crippen LogP contribution in [0.4, 0.5) is 4.39 Å². The predicted molar refractivity (Wildman–Crippen MR) is 76.6 cm³/mol. The highest BCUT2D eigenvalue weighted by atomic mass is 19.1. The molecule has 22 heavy (non-hydrogen) atoms. The minimum absolute atomic E-state index is 0.0164. The molecule has 2 aromatic rings. The Kier molecular flexibility index (Phi) is 5.19. The van der Waals surface area contributed by atoms with Crippen LogP contribution in [0.5, 0.6) is 17.2 Å². The van der Waals surface area contributed by atoms with Crippen molar-refractivity contribution in [3.63, 3.8) is 0 Å². The van der Waals surface area contributed by atoms with Gasteiger partial charge in [0.15, 0.2) is 0 Å². The lowest BCUT2D eigenvalue weighted by Crippen LogP contribution is -2.09. The molecule has 0 atom stereocenters. The molecular formula is C16H15FO5. The van der Waals surface area contributed by atoms with Crippen LogP contribution in [-0.2, 0) is 4.74 Å². The summed E-state index contributed by atoms with van der Waals surface area (Å²) in [5.41, 5.74) is -0.0164. The topological polar surface area (TPSA) is 76.0 Å². The van der Waals surface area contributed by atoms with E-state index in [1.807, 2.05) is 0 Å². The fourth-order valence-electron chi connectivity index (χ4n) is 1.72. The Morgan fingerprint density at radius 1 is 1.05 bits per heavy atom. The SMILES string of the molecule is O=C(OCCCOc1ccc(F)cc1)c1ccc(O)cc1O. The number of hydrogen-bond acceptors (Lipinski definition) is 5. The molecule has 2 rings (SSSR count). The number of halogens is 1. The van der Waals surface area contributed by atoms with Crippen molar-refractivity contribution in [2.45, 2.75) is 6.42 Å². The number of carbonyl (C=O) groups excluding carboxylic acids is 1. The summed E-state index contributed by atoms with van der Waals surface area (Å²) in [6.45, 7) is 0.417. The summed E-state index contributed by atoms with van der Waals surface area (Å²) >= 11 is 0. The number of ether oxygens (including phenoxy) is 2. The number of esters is 1. The Balaban J connectivity index is 1.72. The summed E-state index contributed by atoms with van der Waals surface area (Å²) in [6.07, 6.45) is 0.446. The van der Waals surface area contributed by atoms with Crippen LogP contribution >= 0.6 is 0 Å². The largest absolute Gasteiger partial charge is 0.508 e. The molecule has 5 nitrogen and oxygen atoms in total. The number of aromatic hydroxyl groups is 2. The van der Waals surface area contributed by atoms with E-state index < -0.39 is 5.97 Å². The zero-order chi connectivity index (χ0) is 15.9. The molecule has 2 aromatic carbocycles. The summed E-state index contributed by atoms with van der Waals surface area (Å²) in [6, 6.07) is 9.24. The highest BCUT2D eigenvalue weighted by Crippen LogP contribution is 2.23. The first-order valence-corrected chi connectivity index (χ1v) is 6.64. The number of phenols is 2. The first-order chi connectivity index (χ1) is 10.6. The van der Waals surface area contributed by atoms with Crippen molar-refractivity contribution in [2.75, 3.05) is 13.2 Å². The van der Waals surface area contributed by atoms with Crippen LogP contribution in [0.1, 0.15) is 16.8 Å². The monoisotopic (exact) mass is 306 g/mol. The van der Waals surface area contributed by atoms with Crippen LogP contribution in [0.3, 0.4) is 0 Å². The van der Waals surface area contributed by atoms with Crippen LogP contribution in [0.15, 0.2) is 42.5 Å². The molecule has 0 radical (unpaired) electrons. The van der Waals surface area contributed by atoms with E-state index in [4.69, 9.17) is 14.6 Å². The summed E-state index contributed by atoms with van der Waals surface area (Å²) in [5, 5.41) is 18.7. The Labute approximate surface area is 126 Å². The van der Waals surface area contributed by atoms with Gasteiger partial charge in [-0.25, -0.2) is 9.18 Å². The van der Waals surface area contributed by atoms with Crippen molar-refractivity contribution in [3.05, 3.63) is 53.8 Å². The third-order valence-corrected chi connectivity index (χ3v) is 2.81. The van der Waals surface area contributed by atoms with E-state index in [9.17, 15) is 14.3 Å². The third-order valence-electron chi connectivity index (χ3n) is 2.81. The van der Waals surface area contributed by atoms with Crippen LogP contribution < -0.4 is 4.74 Å². The van der Waals surface area contributed by atoms with E-state index in [1.165, 1.54) is 36.4 Å². The predicted octanol–water partition coefficient (Wildman–Crippen LogP) is 2.86. The van der Waals surface area contributed by atoms with Crippen molar-refractivity contribution >= 4 is 5.97 Å². The average molecular weight is 306 g/mol. The Morgan fingerprint density at radius 3 is 2.45 bits per heavy atom. The lowest BCUT2D eigenvalue weighted by atomic mass is 10.2. The molecule has 0 aliphatic carbocycles. The van der Waals surface area contributed by atoms with Crippen molar-refractivity contribution in [3.8, 4) is 17.2 Å². The fourth-order valence-corrected chi connectivity index (χ4v) is 1.72. The molecule has 2 N–H and O–H groups in total. The molecule has 0 saturated heterocycles. The van der Waals surface area contributed by atoms with Crippen molar-refractivity contribution in [2.24, 2.45) is 0 Å². The summed E-state index contributed by atoms with van der Waals surface area (Å²) < 4.78 is 23.0. The van der Waals surface area contributed by atoms with Gasteiger partial charge in [-0.05, 0) is 36.4 Å². The molecular weight excluding hydrogens is 291 g/mol. The molecule has 0 heterocycles. The van der Waals surface area contributed by atoms with Gasteiger partial charge < -0.3 is 19.7 Å². The number of hydrogen-bond donors (Lipinski definition) is 2. The quantitative estimate of drug-likeness (QED) is 0.634. The van der Waals surface area contributed by atoms with Gasteiger partial charge in [-0.3, -0.25) is 0 Å². The van der Waals surface area contributed by atoms with Crippen LogP contribution in [0.2, 0.25) is 0 Å². The molecule has 0 unspecified atom stereocenters. The molecule has 6 heteroatoms. The zero-order valence-corrected chi connectivity index (χ0v) is 11.7. The lowest BCUT2D eigenvalue weighted by molar-refractivity contribution is 0.0482. The van der Waals surface area contributed by atoms with Crippen LogP contribution in [-0.4, -0.2) is 29.4 Å². The standard InChI is InChI=1S/C16H15FO5/c17-11-2-5-13(6-3-11)21-8-1-9-22-16(20)14-7-4-12(18)10-15(14)19/h2-7,10,18-19H,1,8-9H2. The minimum Gasteiger partial charge on any atom is -0.508 e. The molecule has 116 valence electrons. The molecule has 0 saturated carbocycles. The minimum atomic E-state index is -0.681. The smallest absolute Gasteiger partial charge is 0.341 e. The molecule has 0 aliphatic rings. The molecule has 0 fully saturated rings. The number of rotatable bonds is 6. The van der Waals surface area contributed by atoms with Crippen molar-refractivity contribution < 1.29 is 28.9 Å². The second-order valence-corrected chi connectivity index (χ2v) is 4.49. The van der Waals surface area contributed by atoms with Gasteiger partial charge in [-0.2, -0.15) is 0 Å². The normalized spacial score (nSPS) is 10.2. The third kappa shape index (κ3) is 4.37. The average Bonchev–Trinajstić information content (AvgIpc) is 2.48. The zero-order valence-electron chi connectivity index (χ0n) is 11.7. The second kappa shape index (κ2) is 7.31. The Hall–Kier alpha value is -2.76. The van der Waals surface area contributed by atoms with E-state index >= 15 is 0 Å². The van der Waals surface area contributed by atoms with E-state index in [0.717, 1.165) is 6.07 Å². The summed E-state index contributed by atoms with van der Waals surface area (Å²) in [7, 11) is 0. The maximum atomic E-state index is 12.7. The van der Waals surface area contributed by atoms with Gasteiger partial charge >= 0.3 is 5.97 Å². The van der Waals surface area contributed by atoms with Crippen LogP contribution in [0, 0.1) is 5.82 Å². The molecule has 0 spiro atoms. The van der Waals surface area contributed by atoms with Crippen LogP contribution in [0.25, 0.3) is 0 Å². The molecule has 0 aromatic heterocycles. The summed E-state index contributed by atoms with van der Waals surface area (Å²) in [5.74, 6) is -0.965. The molecule has 0 amide bonds. The fraction of sp³-hybridized carbons (Fsp3) is 0.188. The Bertz CT molecular complexity index is 639. The maximum absolute atomic E-state index is 12.7. The highest BCUT2D eigenvalue weighted by Gasteiger charge is 2.12. The molecule has 0 aliphatic heterocycles. The van der Waals surface area contributed by atoms with Crippen molar-refractivity contribution in [1.29, 1.82) is 0 Å². The van der Waals surface area contributed by atoms with Gasteiger partial charge in [-0.15, -0.1) is 0 Å². The number of phenolic OH excluding ortho intramolecular Hbond substituents is 2. The first-order valence-electron chi connectivity index (χ1n) is 6.64. The van der Waals surface area contributed by atoms with E-state index in [2.05, 4.69) is 0 Å². The first kappa shape index (κ1) is 15.6. The lowest BCUT2D eigenvalue weighted by Gasteiger charge is -2.08. The van der Waals surface area contributed by atoms with Gasteiger partial charge in [0, 0.05) is 12.5 Å². The highest BCUT2D eigenvalue weighted by molar-refractivity contribution is 5.92. The van der Waals surface area contributed by atoms with E-state index in [1.54, 1.807) is 0 Å². The van der Waals surface area contributed by atoms with Gasteiger partial charge in [0.25, 0.3) is 0 Å². The van der Waals surface area contributed by atoms with E-state index in [-0.39, 0.29) is 29.5 Å².